The summed E-state index contributed by atoms with van der Waals surface area (Å²) in [6.45, 7) is 1.11. The minimum Gasteiger partial charge on any atom is -0.326 e. The molecular weight excluding hydrogens is 226 g/mol. The van der Waals surface area contributed by atoms with Gasteiger partial charge in [0.1, 0.15) is 5.82 Å². The highest BCUT2D eigenvalue weighted by molar-refractivity contribution is 6.18. The molecule has 2 heterocycles. The number of hydrogen-bond acceptors (Lipinski definition) is 3. The van der Waals surface area contributed by atoms with Crippen LogP contribution in [0.1, 0.15) is 12.0 Å². The molecule has 1 aliphatic heterocycles. The topological polar surface area (TPSA) is 59.2 Å². The van der Waals surface area contributed by atoms with Crippen molar-refractivity contribution in [1.82, 2.24) is 4.98 Å². The Kier molecular flexibility index (Phi) is 3.41. The number of carbonyl (C=O) groups is 1. The summed E-state index contributed by atoms with van der Waals surface area (Å²) in [6.07, 6.45) is 2.19. The first-order valence-electron chi connectivity index (χ1n) is 5.26. The third-order valence-electron chi connectivity index (χ3n) is 2.75. The highest BCUT2D eigenvalue weighted by atomic mass is 35.5. The minimum absolute atomic E-state index is 0.0901. The van der Waals surface area contributed by atoms with Crippen LogP contribution < -0.4 is 10.6 Å². The van der Waals surface area contributed by atoms with Gasteiger partial charge in [-0.2, -0.15) is 0 Å². The third-order valence-corrected chi connectivity index (χ3v) is 3.18. The Labute approximate surface area is 99.4 Å². The molecule has 0 spiro atoms. The number of nitrogens with two attached hydrogens (primary N) is 1. The van der Waals surface area contributed by atoms with Crippen molar-refractivity contribution in [3.63, 3.8) is 0 Å². The molecule has 2 rings (SSSR count). The molecule has 4 nitrogen and oxygen atoms in total. The van der Waals surface area contributed by atoms with Crippen LogP contribution in [0.25, 0.3) is 0 Å². The third kappa shape index (κ3) is 2.18. The van der Waals surface area contributed by atoms with E-state index in [9.17, 15) is 4.79 Å². The minimum atomic E-state index is 0.0901. The number of amides is 1. The quantitative estimate of drug-likeness (QED) is 0.805. The molecule has 1 aromatic heterocycles. The Hall–Kier alpha value is -1.13. The molecule has 1 aromatic rings. The van der Waals surface area contributed by atoms with Crippen molar-refractivity contribution in [3.05, 3.63) is 23.9 Å². The first-order valence-corrected chi connectivity index (χ1v) is 5.79. The monoisotopic (exact) mass is 239 g/mol. The summed E-state index contributed by atoms with van der Waals surface area (Å²) < 4.78 is 0. The molecule has 0 bridgehead atoms. The number of anilines is 1. The molecule has 1 aliphatic rings. The molecule has 1 amide bonds. The molecule has 0 saturated carbocycles. The number of hydrogen-bond donors (Lipinski definition) is 1. The highest BCUT2D eigenvalue weighted by Crippen LogP contribution is 2.24. The number of pyridine rings is 1. The zero-order chi connectivity index (χ0) is 11.5. The SMILES string of the molecule is NCc1ccnc(N2CC(CCl)CC2=O)c1. The van der Waals surface area contributed by atoms with Crippen LogP contribution >= 0.6 is 11.6 Å². The van der Waals surface area contributed by atoms with E-state index in [1.165, 1.54) is 0 Å². The molecule has 0 aromatic carbocycles. The summed E-state index contributed by atoms with van der Waals surface area (Å²) in [5, 5.41) is 0. The molecule has 0 aliphatic carbocycles. The molecule has 0 radical (unpaired) electrons. The van der Waals surface area contributed by atoms with Gasteiger partial charge in [0.25, 0.3) is 0 Å². The van der Waals surface area contributed by atoms with Gasteiger partial charge in [0.05, 0.1) is 0 Å². The van der Waals surface area contributed by atoms with Crippen LogP contribution in [-0.2, 0) is 11.3 Å². The van der Waals surface area contributed by atoms with E-state index in [2.05, 4.69) is 4.98 Å². The lowest BCUT2D eigenvalue weighted by Crippen LogP contribution is -2.25. The second-order valence-corrected chi connectivity index (χ2v) is 4.26. The summed E-state index contributed by atoms with van der Waals surface area (Å²) in [7, 11) is 0. The molecule has 16 heavy (non-hydrogen) atoms. The molecular formula is C11H14ClN3O. The summed E-state index contributed by atoms with van der Waals surface area (Å²) in [5.74, 6) is 1.52. The molecule has 5 heteroatoms. The van der Waals surface area contributed by atoms with Gasteiger partial charge in [-0.1, -0.05) is 0 Å². The predicted molar refractivity (Wildman–Crippen MR) is 63.3 cm³/mol. The Morgan fingerprint density at radius 1 is 1.62 bits per heavy atom. The Morgan fingerprint density at radius 2 is 2.44 bits per heavy atom. The Morgan fingerprint density at radius 3 is 3.06 bits per heavy atom. The van der Waals surface area contributed by atoms with Crippen LogP contribution in [0.15, 0.2) is 18.3 Å². The summed E-state index contributed by atoms with van der Waals surface area (Å²) >= 11 is 5.77. The van der Waals surface area contributed by atoms with Crippen LogP contribution in [0.4, 0.5) is 5.82 Å². The van der Waals surface area contributed by atoms with Gasteiger partial charge < -0.3 is 5.73 Å². The average Bonchev–Trinajstić information content (AvgIpc) is 2.71. The maximum Gasteiger partial charge on any atom is 0.228 e. The van der Waals surface area contributed by atoms with Gasteiger partial charge in [0.2, 0.25) is 5.91 Å². The van der Waals surface area contributed by atoms with Crippen molar-refractivity contribution < 1.29 is 4.79 Å². The van der Waals surface area contributed by atoms with E-state index in [1.807, 2.05) is 12.1 Å². The van der Waals surface area contributed by atoms with E-state index in [-0.39, 0.29) is 11.8 Å². The molecule has 1 atom stereocenters. The van der Waals surface area contributed by atoms with Gasteiger partial charge in [-0.15, -0.1) is 11.6 Å². The van der Waals surface area contributed by atoms with Crippen LogP contribution in [0.2, 0.25) is 0 Å². The van der Waals surface area contributed by atoms with Crippen molar-refractivity contribution in [2.24, 2.45) is 11.7 Å². The molecule has 86 valence electrons. The molecule has 1 saturated heterocycles. The van der Waals surface area contributed by atoms with Crippen LogP contribution in [0, 0.1) is 5.92 Å². The van der Waals surface area contributed by atoms with Crippen LogP contribution in [0.5, 0.6) is 0 Å². The Bertz CT molecular complexity index is 397. The van der Waals surface area contributed by atoms with Crippen molar-refractivity contribution in [3.8, 4) is 0 Å². The van der Waals surface area contributed by atoms with E-state index in [0.29, 0.717) is 31.2 Å². The largest absolute Gasteiger partial charge is 0.326 e. The molecule has 1 fully saturated rings. The van der Waals surface area contributed by atoms with Gasteiger partial charge >= 0.3 is 0 Å². The van der Waals surface area contributed by atoms with Crippen molar-refractivity contribution in [2.45, 2.75) is 13.0 Å². The fraction of sp³-hybridized carbons (Fsp3) is 0.455. The van der Waals surface area contributed by atoms with E-state index >= 15 is 0 Å². The van der Waals surface area contributed by atoms with Gasteiger partial charge in [-0.3, -0.25) is 9.69 Å². The number of rotatable bonds is 3. The van der Waals surface area contributed by atoms with Gasteiger partial charge in [-0.25, -0.2) is 4.98 Å². The Balaban J connectivity index is 2.20. The zero-order valence-corrected chi connectivity index (χ0v) is 9.65. The number of aromatic nitrogens is 1. The van der Waals surface area contributed by atoms with E-state index in [1.54, 1.807) is 11.1 Å². The van der Waals surface area contributed by atoms with E-state index < -0.39 is 0 Å². The fourth-order valence-electron chi connectivity index (χ4n) is 1.84. The fourth-order valence-corrected chi connectivity index (χ4v) is 2.05. The lowest BCUT2D eigenvalue weighted by Gasteiger charge is -2.15. The van der Waals surface area contributed by atoms with E-state index in [4.69, 9.17) is 17.3 Å². The standard InChI is InChI=1S/C11H14ClN3O/c12-5-9-4-11(16)15(7-9)10-3-8(6-13)1-2-14-10/h1-3,9H,4-7,13H2. The maximum atomic E-state index is 11.7. The smallest absolute Gasteiger partial charge is 0.228 e. The summed E-state index contributed by atoms with van der Waals surface area (Å²) in [4.78, 5) is 17.6. The first kappa shape index (κ1) is 11.4. The summed E-state index contributed by atoms with van der Waals surface area (Å²) in [5.41, 5.74) is 6.53. The van der Waals surface area contributed by atoms with E-state index in [0.717, 1.165) is 5.56 Å². The van der Waals surface area contributed by atoms with Gasteiger partial charge in [0, 0.05) is 31.6 Å². The number of carbonyl (C=O) groups excluding carboxylic acids is 1. The zero-order valence-electron chi connectivity index (χ0n) is 8.90. The van der Waals surface area contributed by atoms with Crippen LogP contribution in [0.3, 0.4) is 0 Å². The highest BCUT2D eigenvalue weighted by Gasteiger charge is 2.30. The van der Waals surface area contributed by atoms with Gasteiger partial charge in [-0.05, 0) is 23.6 Å². The molecule has 1 unspecified atom stereocenters. The second kappa shape index (κ2) is 4.80. The maximum absolute atomic E-state index is 11.7. The number of halogens is 1. The van der Waals surface area contributed by atoms with Crippen molar-refractivity contribution >= 4 is 23.3 Å². The van der Waals surface area contributed by atoms with Crippen molar-refractivity contribution in [2.75, 3.05) is 17.3 Å². The lowest BCUT2D eigenvalue weighted by molar-refractivity contribution is -0.117. The number of alkyl halides is 1. The second-order valence-electron chi connectivity index (χ2n) is 3.96. The normalized spacial score (nSPS) is 20.5. The van der Waals surface area contributed by atoms with Crippen LogP contribution in [-0.4, -0.2) is 23.3 Å². The van der Waals surface area contributed by atoms with Gasteiger partial charge in [0.15, 0.2) is 0 Å². The number of nitrogens with zero attached hydrogens (tertiary/aromatic N) is 2. The average molecular weight is 240 g/mol. The van der Waals surface area contributed by atoms with Crippen molar-refractivity contribution in [1.29, 1.82) is 0 Å². The summed E-state index contributed by atoms with van der Waals surface area (Å²) in [6, 6.07) is 3.71. The molecule has 2 N–H and O–H groups in total. The predicted octanol–water partition coefficient (Wildman–Crippen LogP) is 1.13. The first-order chi connectivity index (χ1) is 7.74. The lowest BCUT2D eigenvalue weighted by atomic mass is 10.1.